The van der Waals surface area contributed by atoms with Crippen molar-refractivity contribution in [2.45, 2.75) is 6.42 Å². The Labute approximate surface area is 146 Å². The molecule has 0 saturated carbocycles. The molecule has 2 aromatic carbocycles. The normalized spacial score (nSPS) is 14.6. The van der Waals surface area contributed by atoms with Crippen molar-refractivity contribution in [3.8, 4) is 11.1 Å². The highest BCUT2D eigenvalue weighted by Gasteiger charge is 2.13. The maximum Gasteiger partial charge on any atom is 0.148 e. The van der Waals surface area contributed by atoms with Crippen LogP contribution in [0.25, 0.3) is 22.2 Å². The summed E-state index contributed by atoms with van der Waals surface area (Å²) in [6.07, 6.45) is 3.21. The lowest BCUT2D eigenvalue weighted by Crippen LogP contribution is -2.36. The molecule has 0 N–H and O–H groups in total. The molecule has 0 unspecified atom stereocenters. The molecule has 5 heteroatoms. The van der Waals surface area contributed by atoms with Gasteiger partial charge in [-0.15, -0.1) is 0 Å². The molecule has 4 rings (SSSR count). The molecule has 5 nitrogen and oxygen atoms in total. The highest BCUT2D eigenvalue weighted by Crippen LogP contribution is 2.24. The van der Waals surface area contributed by atoms with Crippen molar-refractivity contribution in [2.75, 3.05) is 31.2 Å². The van der Waals surface area contributed by atoms with Gasteiger partial charge in [0, 0.05) is 19.5 Å². The number of aldehydes is 1. The zero-order valence-corrected chi connectivity index (χ0v) is 13.9. The van der Waals surface area contributed by atoms with E-state index in [1.807, 2.05) is 36.5 Å². The van der Waals surface area contributed by atoms with Crippen molar-refractivity contribution < 1.29 is 9.53 Å². The summed E-state index contributed by atoms with van der Waals surface area (Å²) in [7, 11) is 0. The van der Waals surface area contributed by atoms with Crippen LogP contribution >= 0.6 is 0 Å². The van der Waals surface area contributed by atoms with E-state index in [1.54, 1.807) is 0 Å². The van der Waals surface area contributed by atoms with Crippen LogP contribution in [0.1, 0.15) is 5.56 Å². The van der Waals surface area contributed by atoms with E-state index in [4.69, 9.17) is 9.72 Å². The fraction of sp³-hybridized carbons (Fsp3) is 0.250. The summed E-state index contributed by atoms with van der Waals surface area (Å²) < 4.78 is 5.40. The average Bonchev–Trinajstić information content (AvgIpc) is 2.69. The number of benzene rings is 2. The number of fused-ring (bicyclic) bond motifs is 1. The van der Waals surface area contributed by atoms with Gasteiger partial charge < -0.3 is 14.4 Å². The second kappa shape index (κ2) is 6.99. The summed E-state index contributed by atoms with van der Waals surface area (Å²) in [6, 6.07) is 14.2. The van der Waals surface area contributed by atoms with Gasteiger partial charge in [-0.2, -0.15) is 0 Å². The molecule has 1 fully saturated rings. The molecule has 0 atom stereocenters. The van der Waals surface area contributed by atoms with E-state index in [-0.39, 0.29) is 0 Å². The molecule has 2 heterocycles. The van der Waals surface area contributed by atoms with E-state index in [9.17, 15) is 4.79 Å². The predicted octanol–water partition coefficient (Wildman–Crippen LogP) is 2.87. The molecule has 3 aromatic rings. The van der Waals surface area contributed by atoms with Crippen LogP contribution in [-0.2, 0) is 16.0 Å². The number of anilines is 1. The topological polar surface area (TPSA) is 55.3 Å². The first-order valence-corrected chi connectivity index (χ1v) is 8.46. The standard InChI is InChI=1S/C20H19N3O2/c24-10-7-15-1-3-16(4-2-15)17-5-6-18-19(13-17)22-20(14-21-18)23-8-11-25-12-9-23/h1-6,10,13-14H,7-9,11-12H2. The van der Waals surface area contributed by atoms with Crippen molar-refractivity contribution >= 4 is 23.1 Å². The third-order valence-electron chi connectivity index (χ3n) is 4.47. The molecule has 0 bridgehead atoms. The van der Waals surface area contributed by atoms with Crippen LogP contribution in [0.3, 0.4) is 0 Å². The Balaban J connectivity index is 1.66. The number of carbonyl (C=O) groups excluding carboxylic acids is 1. The van der Waals surface area contributed by atoms with E-state index in [2.05, 4.69) is 22.0 Å². The van der Waals surface area contributed by atoms with E-state index in [0.29, 0.717) is 6.42 Å². The SMILES string of the molecule is O=CCc1ccc(-c2ccc3ncc(N4CCOCC4)nc3c2)cc1. The van der Waals surface area contributed by atoms with E-state index >= 15 is 0 Å². The lowest BCUT2D eigenvalue weighted by Gasteiger charge is -2.27. The quantitative estimate of drug-likeness (QED) is 0.687. The number of hydrogen-bond donors (Lipinski definition) is 0. The lowest BCUT2D eigenvalue weighted by molar-refractivity contribution is -0.107. The van der Waals surface area contributed by atoms with Crippen molar-refractivity contribution in [1.29, 1.82) is 0 Å². The van der Waals surface area contributed by atoms with Crippen LogP contribution in [0.2, 0.25) is 0 Å². The number of ether oxygens (including phenoxy) is 1. The van der Waals surface area contributed by atoms with Gasteiger partial charge in [0.15, 0.2) is 0 Å². The molecule has 0 spiro atoms. The lowest BCUT2D eigenvalue weighted by atomic mass is 10.0. The summed E-state index contributed by atoms with van der Waals surface area (Å²) >= 11 is 0. The monoisotopic (exact) mass is 333 g/mol. The fourth-order valence-electron chi connectivity index (χ4n) is 3.06. The summed E-state index contributed by atoms with van der Waals surface area (Å²) in [5, 5.41) is 0. The van der Waals surface area contributed by atoms with E-state index in [0.717, 1.165) is 66.1 Å². The number of carbonyl (C=O) groups is 1. The Morgan fingerprint density at radius 1 is 1.00 bits per heavy atom. The van der Waals surface area contributed by atoms with Crippen LogP contribution in [0, 0.1) is 0 Å². The van der Waals surface area contributed by atoms with Gasteiger partial charge in [-0.05, 0) is 28.8 Å². The molecular weight excluding hydrogens is 314 g/mol. The van der Waals surface area contributed by atoms with Gasteiger partial charge in [0.2, 0.25) is 0 Å². The first-order chi connectivity index (χ1) is 12.3. The number of hydrogen-bond acceptors (Lipinski definition) is 5. The maximum absolute atomic E-state index is 10.6. The molecule has 0 radical (unpaired) electrons. The Kier molecular flexibility index (Phi) is 4.39. The van der Waals surface area contributed by atoms with Crippen LogP contribution in [0.15, 0.2) is 48.7 Å². The van der Waals surface area contributed by atoms with Crippen LogP contribution in [0.4, 0.5) is 5.82 Å². The van der Waals surface area contributed by atoms with Gasteiger partial charge in [0.05, 0.1) is 30.4 Å². The summed E-state index contributed by atoms with van der Waals surface area (Å²) in [5.74, 6) is 0.897. The molecule has 1 aliphatic rings. The Morgan fingerprint density at radius 3 is 2.52 bits per heavy atom. The summed E-state index contributed by atoms with van der Waals surface area (Å²) in [6.45, 7) is 3.15. The minimum absolute atomic E-state index is 0.451. The third kappa shape index (κ3) is 3.37. The molecule has 0 aliphatic carbocycles. The van der Waals surface area contributed by atoms with Gasteiger partial charge in [-0.3, -0.25) is 4.98 Å². The van der Waals surface area contributed by atoms with E-state index < -0.39 is 0 Å². The van der Waals surface area contributed by atoms with Crippen LogP contribution in [-0.4, -0.2) is 42.6 Å². The minimum atomic E-state index is 0.451. The first-order valence-electron chi connectivity index (χ1n) is 8.46. The van der Waals surface area contributed by atoms with Gasteiger partial charge >= 0.3 is 0 Å². The van der Waals surface area contributed by atoms with Crippen molar-refractivity contribution in [3.05, 3.63) is 54.2 Å². The summed E-state index contributed by atoms with van der Waals surface area (Å²) in [4.78, 5) is 22.2. The largest absolute Gasteiger partial charge is 0.378 e. The smallest absolute Gasteiger partial charge is 0.148 e. The Hall–Kier alpha value is -2.79. The number of nitrogens with zero attached hydrogens (tertiary/aromatic N) is 3. The van der Waals surface area contributed by atoms with Gasteiger partial charge in [-0.25, -0.2) is 4.98 Å². The number of morpholine rings is 1. The molecule has 1 saturated heterocycles. The molecule has 1 aromatic heterocycles. The first kappa shape index (κ1) is 15.7. The molecule has 25 heavy (non-hydrogen) atoms. The fourth-order valence-corrected chi connectivity index (χ4v) is 3.06. The second-order valence-corrected chi connectivity index (χ2v) is 6.10. The highest BCUT2D eigenvalue weighted by molar-refractivity contribution is 5.82. The molecule has 126 valence electrons. The molecule has 1 aliphatic heterocycles. The Bertz CT molecular complexity index is 887. The second-order valence-electron chi connectivity index (χ2n) is 6.10. The number of rotatable bonds is 4. The zero-order chi connectivity index (χ0) is 17.1. The van der Waals surface area contributed by atoms with Crippen molar-refractivity contribution in [2.24, 2.45) is 0 Å². The average molecular weight is 333 g/mol. The molecule has 0 amide bonds. The minimum Gasteiger partial charge on any atom is -0.378 e. The van der Waals surface area contributed by atoms with Gasteiger partial charge in [-0.1, -0.05) is 30.3 Å². The van der Waals surface area contributed by atoms with Crippen LogP contribution < -0.4 is 4.90 Å². The van der Waals surface area contributed by atoms with Gasteiger partial charge in [0.1, 0.15) is 12.1 Å². The third-order valence-corrected chi connectivity index (χ3v) is 4.47. The summed E-state index contributed by atoms with van der Waals surface area (Å²) in [5.41, 5.74) is 5.00. The van der Waals surface area contributed by atoms with Gasteiger partial charge in [0.25, 0.3) is 0 Å². The predicted molar refractivity (Wildman–Crippen MR) is 97.8 cm³/mol. The van der Waals surface area contributed by atoms with Crippen molar-refractivity contribution in [3.63, 3.8) is 0 Å². The number of aromatic nitrogens is 2. The highest BCUT2D eigenvalue weighted by atomic mass is 16.5. The molecular formula is C20H19N3O2. The Morgan fingerprint density at radius 2 is 1.76 bits per heavy atom. The van der Waals surface area contributed by atoms with E-state index in [1.165, 1.54) is 0 Å². The zero-order valence-electron chi connectivity index (χ0n) is 13.9. The maximum atomic E-state index is 10.6. The van der Waals surface area contributed by atoms with Crippen molar-refractivity contribution in [1.82, 2.24) is 9.97 Å². The van der Waals surface area contributed by atoms with Crippen LogP contribution in [0.5, 0.6) is 0 Å².